The minimum absolute atomic E-state index is 0.132. The molecule has 2 rings (SSSR count). The van der Waals surface area contributed by atoms with Crippen LogP contribution in [-0.4, -0.2) is 29.4 Å². The molecule has 0 radical (unpaired) electrons. The number of fused-ring (bicyclic) bond motifs is 1. The van der Waals surface area contributed by atoms with E-state index in [9.17, 15) is 18.0 Å². The molecule has 0 aliphatic heterocycles. The van der Waals surface area contributed by atoms with E-state index in [1.54, 1.807) is 11.3 Å². The number of carboxylic acids is 1. The number of hydrogen-bond donors (Lipinski definition) is 3. The highest BCUT2D eigenvalue weighted by Crippen LogP contribution is 2.31. The van der Waals surface area contributed by atoms with E-state index in [-0.39, 0.29) is 11.8 Å². The maximum absolute atomic E-state index is 10.6. The number of aldehydes is 1. The Bertz CT molecular complexity index is 554. The summed E-state index contributed by atoms with van der Waals surface area (Å²) < 4.78 is 31.7. The highest BCUT2D eigenvalue weighted by Gasteiger charge is 2.38. The van der Waals surface area contributed by atoms with Gasteiger partial charge in [-0.15, -0.1) is 11.3 Å². The summed E-state index contributed by atoms with van der Waals surface area (Å²) in [6, 6.07) is 1.99. The van der Waals surface area contributed by atoms with E-state index in [1.807, 2.05) is 6.07 Å². The minimum atomic E-state index is -5.08. The molecule has 0 amide bonds. The first-order chi connectivity index (χ1) is 9.65. The average molecular weight is 322 g/mol. The van der Waals surface area contributed by atoms with Crippen molar-refractivity contribution in [1.29, 1.82) is 5.41 Å². The van der Waals surface area contributed by atoms with Gasteiger partial charge in [-0.3, -0.25) is 5.41 Å². The van der Waals surface area contributed by atoms with Gasteiger partial charge in [0.2, 0.25) is 0 Å². The van der Waals surface area contributed by atoms with E-state index in [0.29, 0.717) is 0 Å². The summed E-state index contributed by atoms with van der Waals surface area (Å²) in [6.07, 6.45) is -1.33. The summed E-state index contributed by atoms with van der Waals surface area (Å²) in [5.74, 6) is -2.46. The Morgan fingerprint density at radius 3 is 2.52 bits per heavy atom. The van der Waals surface area contributed by atoms with E-state index < -0.39 is 12.1 Å². The van der Waals surface area contributed by atoms with Crippen LogP contribution in [0.4, 0.5) is 13.2 Å². The Labute approximate surface area is 122 Å². The number of amidine groups is 1. The summed E-state index contributed by atoms with van der Waals surface area (Å²) in [5.41, 5.74) is 6.69. The Morgan fingerprint density at radius 1 is 1.52 bits per heavy atom. The van der Waals surface area contributed by atoms with Crippen LogP contribution in [0, 0.1) is 11.3 Å². The van der Waals surface area contributed by atoms with Crippen LogP contribution in [-0.2, 0) is 22.4 Å². The van der Waals surface area contributed by atoms with Crippen molar-refractivity contribution in [2.45, 2.75) is 25.4 Å². The largest absolute Gasteiger partial charge is 0.490 e. The number of carboxylic acid groups (broad SMARTS) is 1. The molecule has 0 spiro atoms. The molecule has 0 aromatic carbocycles. The zero-order valence-corrected chi connectivity index (χ0v) is 11.6. The SMILES string of the molecule is N=C(N)c1cc2c(s1)CC(C=O)CC2.O=C(O)C(F)(F)F. The van der Waals surface area contributed by atoms with E-state index in [0.717, 1.165) is 30.4 Å². The van der Waals surface area contributed by atoms with Crippen molar-refractivity contribution < 1.29 is 27.9 Å². The van der Waals surface area contributed by atoms with Crippen molar-refractivity contribution in [3.8, 4) is 0 Å². The molecule has 0 saturated carbocycles. The van der Waals surface area contributed by atoms with Crippen molar-refractivity contribution in [3.63, 3.8) is 0 Å². The van der Waals surface area contributed by atoms with Gasteiger partial charge in [0.1, 0.15) is 12.1 Å². The number of nitrogen functional groups attached to an aromatic ring is 1. The van der Waals surface area contributed by atoms with E-state index >= 15 is 0 Å². The number of carbonyl (C=O) groups is 2. The number of carbonyl (C=O) groups excluding carboxylic acids is 1. The Hall–Kier alpha value is -1.90. The lowest BCUT2D eigenvalue weighted by Crippen LogP contribution is -2.21. The molecule has 1 aliphatic rings. The van der Waals surface area contributed by atoms with Crippen LogP contribution in [0.1, 0.15) is 21.7 Å². The van der Waals surface area contributed by atoms with Crippen LogP contribution in [0.5, 0.6) is 0 Å². The molecule has 1 unspecified atom stereocenters. The van der Waals surface area contributed by atoms with Crippen LogP contribution < -0.4 is 5.73 Å². The van der Waals surface area contributed by atoms with Crippen LogP contribution in [0.15, 0.2) is 6.07 Å². The summed E-state index contributed by atoms with van der Waals surface area (Å²) in [5, 5.41) is 14.5. The molecule has 0 saturated heterocycles. The molecule has 116 valence electrons. The molecule has 4 N–H and O–H groups in total. The summed E-state index contributed by atoms with van der Waals surface area (Å²) in [6.45, 7) is 0. The molecule has 9 heteroatoms. The summed E-state index contributed by atoms with van der Waals surface area (Å²) >= 11 is 1.55. The van der Waals surface area contributed by atoms with Gasteiger partial charge in [0.25, 0.3) is 0 Å². The molecule has 5 nitrogen and oxygen atoms in total. The number of thiophene rings is 1. The summed E-state index contributed by atoms with van der Waals surface area (Å²) in [7, 11) is 0. The van der Waals surface area contributed by atoms with Crippen LogP contribution in [0.25, 0.3) is 0 Å². The van der Waals surface area contributed by atoms with Gasteiger partial charge in [0.15, 0.2) is 0 Å². The second kappa shape index (κ2) is 6.70. The van der Waals surface area contributed by atoms with E-state index in [4.69, 9.17) is 21.0 Å². The Kier molecular flexibility index (Phi) is 5.47. The number of rotatable bonds is 2. The maximum Gasteiger partial charge on any atom is 0.490 e. The maximum atomic E-state index is 10.6. The lowest BCUT2D eigenvalue weighted by molar-refractivity contribution is -0.192. The smallest absolute Gasteiger partial charge is 0.475 e. The van der Waals surface area contributed by atoms with Crippen molar-refractivity contribution >= 4 is 29.4 Å². The molecule has 0 fully saturated rings. The van der Waals surface area contributed by atoms with Gasteiger partial charge in [0.05, 0.1) is 4.88 Å². The Morgan fingerprint density at radius 2 is 2.10 bits per heavy atom. The van der Waals surface area contributed by atoms with Crippen LogP contribution in [0.3, 0.4) is 0 Å². The van der Waals surface area contributed by atoms with Gasteiger partial charge in [-0.25, -0.2) is 4.79 Å². The first kappa shape index (κ1) is 17.2. The van der Waals surface area contributed by atoms with E-state index in [1.165, 1.54) is 10.4 Å². The molecular weight excluding hydrogens is 309 g/mol. The fourth-order valence-electron chi connectivity index (χ4n) is 1.78. The third-order valence-electron chi connectivity index (χ3n) is 2.83. The quantitative estimate of drug-likeness (QED) is 0.440. The predicted molar refractivity (Wildman–Crippen MR) is 70.6 cm³/mol. The molecule has 0 bridgehead atoms. The molecule has 1 aliphatic carbocycles. The first-order valence-electron chi connectivity index (χ1n) is 5.86. The number of nitrogens with two attached hydrogens (primary N) is 1. The third kappa shape index (κ3) is 4.85. The molecule has 1 aromatic heterocycles. The number of hydrogen-bond acceptors (Lipinski definition) is 4. The second-order valence-corrected chi connectivity index (χ2v) is 5.55. The van der Waals surface area contributed by atoms with E-state index in [2.05, 4.69) is 0 Å². The molecule has 21 heavy (non-hydrogen) atoms. The number of aliphatic carboxylic acids is 1. The van der Waals surface area contributed by atoms with Gasteiger partial charge in [-0.2, -0.15) is 13.2 Å². The Balaban J connectivity index is 0.000000270. The van der Waals surface area contributed by atoms with Crippen LogP contribution in [0.2, 0.25) is 0 Å². The van der Waals surface area contributed by atoms with Crippen molar-refractivity contribution in [2.24, 2.45) is 11.7 Å². The number of nitrogens with one attached hydrogen (secondary N) is 1. The van der Waals surface area contributed by atoms with Crippen LogP contribution >= 0.6 is 11.3 Å². The van der Waals surface area contributed by atoms with Gasteiger partial charge in [-0.05, 0) is 30.9 Å². The zero-order chi connectivity index (χ0) is 16.2. The van der Waals surface area contributed by atoms with Gasteiger partial charge in [0, 0.05) is 10.8 Å². The van der Waals surface area contributed by atoms with Crippen molar-refractivity contribution in [3.05, 3.63) is 21.4 Å². The fourth-order valence-corrected chi connectivity index (χ4v) is 2.95. The number of alkyl halides is 3. The first-order valence-corrected chi connectivity index (χ1v) is 6.68. The summed E-state index contributed by atoms with van der Waals surface area (Å²) in [4.78, 5) is 21.6. The van der Waals surface area contributed by atoms with Crippen molar-refractivity contribution in [1.82, 2.24) is 0 Å². The fraction of sp³-hybridized carbons (Fsp3) is 0.417. The molecule has 1 heterocycles. The highest BCUT2D eigenvalue weighted by molar-refractivity contribution is 7.14. The lowest BCUT2D eigenvalue weighted by Gasteiger charge is -2.15. The molecule has 1 atom stereocenters. The lowest BCUT2D eigenvalue weighted by atomic mass is 9.90. The third-order valence-corrected chi connectivity index (χ3v) is 4.06. The molecule has 1 aromatic rings. The normalized spacial score (nSPS) is 17.2. The number of aryl methyl sites for hydroxylation is 1. The second-order valence-electron chi connectivity index (χ2n) is 4.41. The topological polar surface area (TPSA) is 104 Å². The van der Waals surface area contributed by atoms with Gasteiger partial charge < -0.3 is 15.6 Å². The molecular formula is C12H13F3N2O3S. The minimum Gasteiger partial charge on any atom is -0.475 e. The highest BCUT2D eigenvalue weighted by atomic mass is 32.1. The van der Waals surface area contributed by atoms with Crippen molar-refractivity contribution in [2.75, 3.05) is 0 Å². The monoisotopic (exact) mass is 322 g/mol. The van der Waals surface area contributed by atoms with Gasteiger partial charge >= 0.3 is 12.1 Å². The zero-order valence-electron chi connectivity index (χ0n) is 10.7. The average Bonchev–Trinajstić information content (AvgIpc) is 2.81. The van der Waals surface area contributed by atoms with Gasteiger partial charge in [-0.1, -0.05) is 0 Å². The predicted octanol–water partition coefficient (Wildman–Crippen LogP) is 1.97. The standard InChI is InChI=1S/C10H12N2OS.C2HF3O2/c11-10(12)9-4-7-2-1-6(5-13)3-8(7)14-9;3-2(4,5)1(6)7/h4-6H,1-3H2,(H3,11,12);(H,6,7). The number of halogens is 3.